The number of aliphatic hydroxyl groups excluding tert-OH is 1. The first-order valence-electron chi connectivity index (χ1n) is 9.12. The van der Waals surface area contributed by atoms with E-state index in [2.05, 4.69) is 20.8 Å². The first-order valence-corrected chi connectivity index (χ1v) is 11.7. The van der Waals surface area contributed by atoms with E-state index in [-0.39, 0.29) is 23.7 Å². The third-order valence-corrected chi connectivity index (χ3v) is 7.06. The number of nitrogens with zero attached hydrogens (tertiary/aromatic N) is 4. The first kappa shape index (κ1) is 23.0. The summed E-state index contributed by atoms with van der Waals surface area (Å²) in [6.07, 6.45) is 0.695. The Balaban J connectivity index is 2.62. The normalized spacial score (nSPS) is 16.7. The summed E-state index contributed by atoms with van der Waals surface area (Å²) in [5.74, 6) is 0. The Hall–Kier alpha value is -1.27. The molecule has 0 radical (unpaired) electrons. The quantitative estimate of drug-likeness (QED) is 0.342. The fraction of sp³-hybridized carbons (Fsp3) is 0.647. The molecule has 11 heteroatoms. The molecular weight excluding hydrogens is 452 g/mol. The number of aliphatic hydroxyl groups is 1. The van der Waals surface area contributed by atoms with Crippen LogP contribution in [0.1, 0.15) is 12.0 Å². The van der Waals surface area contributed by atoms with Gasteiger partial charge < -0.3 is 14.9 Å². The molecule has 1 aromatic carbocycles. The predicted molar refractivity (Wildman–Crippen MR) is 112 cm³/mol. The number of anilines is 1. The zero-order chi connectivity index (χ0) is 20.9. The molecule has 1 saturated heterocycles. The molecule has 0 aromatic heterocycles. The maximum absolute atomic E-state index is 13.5. The van der Waals surface area contributed by atoms with Gasteiger partial charge in [0.25, 0.3) is 5.69 Å². The number of halogens is 1. The molecule has 158 valence electrons. The predicted octanol–water partition coefficient (Wildman–Crippen LogP) is 1.42. The summed E-state index contributed by atoms with van der Waals surface area (Å²) in [7, 11) is -1.99. The van der Waals surface area contributed by atoms with Gasteiger partial charge in [-0.1, -0.05) is 15.9 Å². The molecular formula is C17H27BrN4O5S. The van der Waals surface area contributed by atoms with Crippen LogP contribution in [-0.2, 0) is 10.0 Å². The fourth-order valence-corrected chi connectivity index (χ4v) is 5.60. The summed E-state index contributed by atoms with van der Waals surface area (Å²) >= 11 is 3.35. The second-order valence-electron chi connectivity index (χ2n) is 6.83. The number of hydrogen-bond acceptors (Lipinski definition) is 7. The number of nitro groups is 1. The lowest BCUT2D eigenvalue weighted by Gasteiger charge is -2.29. The van der Waals surface area contributed by atoms with Crippen molar-refractivity contribution >= 4 is 37.3 Å². The number of aryl methyl sites for hydroxylation is 1. The van der Waals surface area contributed by atoms with Crippen molar-refractivity contribution in [2.75, 3.05) is 63.2 Å². The molecule has 0 spiro atoms. The van der Waals surface area contributed by atoms with E-state index in [0.29, 0.717) is 49.2 Å². The van der Waals surface area contributed by atoms with E-state index < -0.39 is 14.9 Å². The van der Waals surface area contributed by atoms with E-state index in [9.17, 15) is 23.6 Å². The monoisotopic (exact) mass is 478 g/mol. The van der Waals surface area contributed by atoms with Crippen molar-refractivity contribution in [1.29, 1.82) is 0 Å². The Morgan fingerprint density at radius 2 is 1.96 bits per heavy atom. The van der Waals surface area contributed by atoms with Gasteiger partial charge in [-0.2, -0.15) is 4.31 Å². The lowest BCUT2D eigenvalue weighted by atomic mass is 10.1. The molecule has 1 aliphatic rings. The molecule has 0 amide bonds. The van der Waals surface area contributed by atoms with Crippen molar-refractivity contribution in [3.8, 4) is 0 Å². The zero-order valence-electron chi connectivity index (χ0n) is 16.2. The number of non-ortho nitro benzene ring substituents is 1. The highest BCUT2D eigenvalue weighted by atomic mass is 79.9. The fourth-order valence-electron chi connectivity index (χ4n) is 3.40. The number of benzene rings is 1. The molecule has 9 nitrogen and oxygen atoms in total. The second-order valence-corrected chi connectivity index (χ2v) is 9.53. The van der Waals surface area contributed by atoms with Crippen LogP contribution in [-0.4, -0.2) is 85.9 Å². The summed E-state index contributed by atoms with van der Waals surface area (Å²) in [6.45, 7) is 4.30. The van der Waals surface area contributed by atoms with Gasteiger partial charge >= 0.3 is 0 Å². The minimum absolute atomic E-state index is 0.0712. The van der Waals surface area contributed by atoms with E-state index in [0.717, 1.165) is 12.6 Å². The van der Waals surface area contributed by atoms with Crippen molar-refractivity contribution in [1.82, 2.24) is 9.21 Å². The van der Waals surface area contributed by atoms with Crippen LogP contribution in [0.2, 0.25) is 0 Å². The zero-order valence-corrected chi connectivity index (χ0v) is 18.6. The number of hydrogen-bond donors (Lipinski definition) is 1. The third kappa shape index (κ3) is 5.20. The van der Waals surface area contributed by atoms with Crippen LogP contribution >= 0.6 is 15.9 Å². The Kier molecular flexibility index (Phi) is 8.19. The molecule has 1 heterocycles. The van der Waals surface area contributed by atoms with Crippen molar-refractivity contribution in [3.05, 3.63) is 27.8 Å². The van der Waals surface area contributed by atoms with Crippen LogP contribution < -0.4 is 4.90 Å². The van der Waals surface area contributed by atoms with Gasteiger partial charge in [-0.05, 0) is 32.5 Å². The van der Waals surface area contributed by atoms with Gasteiger partial charge in [0, 0.05) is 50.2 Å². The Labute approximate surface area is 174 Å². The number of likely N-dealkylation sites (N-methyl/N-ethyl adjacent to an activating group) is 1. The lowest BCUT2D eigenvalue weighted by Crippen LogP contribution is -2.37. The largest absolute Gasteiger partial charge is 0.395 e. The highest BCUT2D eigenvalue weighted by molar-refractivity contribution is 9.09. The van der Waals surface area contributed by atoms with E-state index in [1.54, 1.807) is 11.8 Å². The highest BCUT2D eigenvalue weighted by Crippen LogP contribution is 2.35. The molecule has 1 fully saturated rings. The van der Waals surface area contributed by atoms with Crippen LogP contribution in [0.15, 0.2) is 17.0 Å². The number of nitro benzene ring substituents is 1. The topological polar surface area (TPSA) is 107 Å². The summed E-state index contributed by atoms with van der Waals surface area (Å²) in [5, 5.41) is 21.4. The number of alkyl halides is 1. The SMILES string of the molecule is Cc1cc([N+](=O)[O-])cc(S(=O)(=O)N2CCCN(C)CC2)c1N(CCO)CCBr. The molecule has 0 aliphatic carbocycles. The van der Waals surface area contributed by atoms with Gasteiger partial charge in [0.1, 0.15) is 4.90 Å². The van der Waals surface area contributed by atoms with Crippen molar-refractivity contribution in [2.24, 2.45) is 0 Å². The lowest BCUT2D eigenvalue weighted by molar-refractivity contribution is -0.385. The van der Waals surface area contributed by atoms with Gasteiger partial charge in [-0.15, -0.1) is 0 Å². The molecule has 1 N–H and O–H groups in total. The Bertz CT molecular complexity index is 799. The third-order valence-electron chi connectivity index (χ3n) is 4.80. The van der Waals surface area contributed by atoms with Crippen LogP contribution in [0.25, 0.3) is 0 Å². The van der Waals surface area contributed by atoms with Crippen LogP contribution in [0.3, 0.4) is 0 Å². The standard InChI is InChI=1S/C17H27BrN4O5S/c1-14-12-15(22(24)25)13-16(17(14)20(7-4-18)10-11-23)28(26,27)21-6-3-5-19(2)8-9-21/h12-13,23H,3-11H2,1-2H3. The molecule has 1 aliphatic heterocycles. The summed E-state index contributed by atoms with van der Waals surface area (Å²) in [5.41, 5.74) is 0.653. The minimum atomic E-state index is -3.94. The first-order chi connectivity index (χ1) is 13.2. The van der Waals surface area contributed by atoms with Crippen molar-refractivity contribution < 1.29 is 18.4 Å². The molecule has 0 atom stereocenters. The number of sulfonamides is 1. The molecule has 1 aromatic rings. The van der Waals surface area contributed by atoms with Crippen LogP contribution in [0.5, 0.6) is 0 Å². The number of rotatable bonds is 8. The van der Waals surface area contributed by atoms with Gasteiger partial charge in [-0.3, -0.25) is 10.1 Å². The Morgan fingerprint density at radius 3 is 2.57 bits per heavy atom. The van der Waals surface area contributed by atoms with Gasteiger partial charge in [0.2, 0.25) is 10.0 Å². The van der Waals surface area contributed by atoms with Gasteiger partial charge in [0.15, 0.2) is 0 Å². The van der Waals surface area contributed by atoms with Gasteiger partial charge in [0.05, 0.1) is 17.2 Å². The summed E-state index contributed by atoms with van der Waals surface area (Å²) < 4.78 is 28.4. The smallest absolute Gasteiger partial charge is 0.271 e. The molecule has 28 heavy (non-hydrogen) atoms. The average molecular weight is 479 g/mol. The molecule has 0 unspecified atom stereocenters. The molecule has 0 bridgehead atoms. The highest BCUT2D eigenvalue weighted by Gasteiger charge is 2.32. The van der Waals surface area contributed by atoms with Crippen molar-refractivity contribution in [2.45, 2.75) is 18.2 Å². The maximum Gasteiger partial charge on any atom is 0.271 e. The summed E-state index contributed by atoms with van der Waals surface area (Å²) in [4.78, 5) is 14.5. The van der Waals surface area contributed by atoms with Gasteiger partial charge in [-0.25, -0.2) is 8.42 Å². The summed E-state index contributed by atoms with van der Waals surface area (Å²) in [6, 6.07) is 2.52. The van der Waals surface area contributed by atoms with E-state index in [1.807, 2.05) is 7.05 Å². The van der Waals surface area contributed by atoms with E-state index in [1.165, 1.54) is 10.4 Å². The van der Waals surface area contributed by atoms with E-state index in [4.69, 9.17) is 0 Å². The van der Waals surface area contributed by atoms with Crippen LogP contribution in [0, 0.1) is 17.0 Å². The van der Waals surface area contributed by atoms with E-state index >= 15 is 0 Å². The average Bonchev–Trinajstić information content (AvgIpc) is 2.86. The second kappa shape index (κ2) is 9.97. The molecule has 2 rings (SSSR count). The minimum Gasteiger partial charge on any atom is -0.395 e. The Morgan fingerprint density at radius 1 is 1.25 bits per heavy atom. The maximum atomic E-state index is 13.5. The molecule has 0 saturated carbocycles. The van der Waals surface area contributed by atoms with Crippen molar-refractivity contribution in [3.63, 3.8) is 0 Å². The van der Waals surface area contributed by atoms with Crippen LogP contribution in [0.4, 0.5) is 11.4 Å².